The minimum atomic E-state index is -0.414. The minimum absolute atomic E-state index is 0.0971. The molecule has 0 saturated carbocycles. The molecule has 2 aromatic rings. The van der Waals surface area contributed by atoms with Gasteiger partial charge in [0.05, 0.1) is 16.4 Å². The summed E-state index contributed by atoms with van der Waals surface area (Å²) in [6.45, 7) is 1.80. The maximum Gasteiger partial charge on any atom is 0.275 e. The molecule has 94 valence electrons. The molecule has 0 aromatic carbocycles. The summed E-state index contributed by atoms with van der Waals surface area (Å²) in [6, 6.07) is 3.07. The van der Waals surface area contributed by atoms with Gasteiger partial charge in [-0.2, -0.15) is 5.10 Å². The lowest BCUT2D eigenvalue weighted by molar-refractivity contribution is 0.102. The van der Waals surface area contributed by atoms with E-state index in [4.69, 9.17) is 17.3 Å². The lowest BCUT2D eigenvalue weighted by Crippen LogP contribution is -2.15. The number of amides is 1. The van der Waals surface area contributed by atoms with Gasteiger partial charge in [-0.1, -0.05) is 11.6 Å². The highest BCUT2D eigenvalue weighted by Crippen LogP contribution is 2.18. The van der Waals surface area contributed by atoms with E-state index < -0.39 is 5.91 Å². The SMILES string of the molecule is Cc1nn(C)cc1NC(=O)c1nc(N)ccc1Cl. The second kappa shape index (κ2) is 4.66. The van der Waals surface area contributed by atoms with Gasteiger partial charge in [-0.25, -0.2) is 4.98 Å². The number of aryl methyl sites for hydroxylation is 2. The number of carbonyl (C=O) groups is 1. The number of aromatic nitrogens is 3. The fourth-order valence-corrected chi connectivity index (χ4v) is 1.71. The first kappa shape index (κ1) is 12.4. The molecule has 2 aromatic heterocycles. The molecule has 0 aliphatic carbocycles. The number of nitrogens with two attached hydrogens (primary N) is 1. The number of carbonyl (C=O) groups excluding carboxylic acids is 1. The van der Waals surface area contributed by atoms with Crippen LogP contribution in [0.2, 0.25) is 5.02 Å². The van der Waals surface area contributed by atoms with Crippen molar-refractivity contribution in [2.24, 2.45) is 7.05 Å². The van der Waals surface area contributed by atoms with E-state index in [1.165, 1.54) is 12.1 Å². The van der Waals surface area contributed by atoms with Gasteiger partial charge >= 0.3 is 0 Å². The predicted octanol–water partition coefficient (Wildman–Crippen LogP) is 1.61. The summed E-state index contributed by atoms with van der Waals surface area (Å²) in [7, 11) is 1.77. The molecule has 0 unspecified atom stereocenters. The van der Waals surface area contributed by atoms with Gasteiger partial charge in [-0.05, 0) is 19.1 Å². The molecule has 0 atom stereocenters. The zero-order valence-corrected chi connectivity index (χ0v) is 10.7. The molecule has 0 aliphatic rings. The zero-order chi connectivity index (χ0) is 13.3. The summed E-state index contributed by atoms with van der Waals surface area (Å²) >= 11 is 5.90. The molecule has 0 aliphatic heterocycles. The van der Waals surface area contributed by atoms with Gasteiger partial charge < -0.3 is 11.1 Å². The first-order valence-electron chi connectivity index (χ1n) is 5.21. The minimum Gasteiger partial charge on any atom is -0.384 e. The number of halogens is 1. The molecule has 0 fully saturated rings. The van der Waals surface area contributed by atoms with Crippen molar-refractivity contribution in [2.75, 3.05) is 11.1 Å². The third-order valence-corrected chi connectivity index (χ3v) is 2.65. The molecule has 6 nitrogen and oxygen atoms in total. The molecule has 18 heavy (non-hydrogen) atoms. The number of nitrogen functional groups attached to an aromatic ring is 1. The van der Waals surface area contributed by atoms with Crippen LogP contribution >= 0.6 is 11.6 Å². The number of pyridine rings is 1. The maximum atomic E-state index is 12.0. The van der Waals surface area contributed by atoms with Crippen molar-refractivity contribution in [1.82, 2.24) is 14.8 Å². The van der Waals surface area contributed by atoms with Crippen molar-refractivity contribution in [1.29, 1.82) is 0 Å². The Bertz CT molecular complexity index is 607. The van der Waals surface area contributed by atoms with Gasteiger partial charge in [0.25, 0.3) is 5.91 Å². The smallest absolute Gasteiger partial charge is 0.275 e. The van der Waals surface area contributed by atoms with E-state index in [0.717, 1.165) is 0 Å². The number of hydrogen-bond acceptors (Lipinski definition) is 4. The van der Waals surface area contributed by atoms with Crippen molar-refractivity contribution < 1.29 is 4.79 Å². The van der Waals surface area contributed by atoms with Crippen LogP contribution < -0.4 is 11.1 Å². The van der Waals surface area contributed by atoms with Gasteiger partial charge in [-0.3, -0.25) is 9.48 Å². The highest BCUT2D eigenvalue weighted by Gasteiger charge is 2.15. The fourth-order valence-electron chi connectivity index (χ4n) is 1.52. The molecule has 2 heterocycles. The normalized spacial score (nSPS) is 10.4. The Morgan fingerprint density at radius 2 is 2.22 bits per heavy atom. The van der Waals surface area contributed by atoms with Crippen LogP contribution in [0.4, 0.5) is 11.5 Å². The Balaban J connectivity index is 2.27. The van der Waals surface area contributed by atoms with E-state index >= 15 is 0 Å². The van der Waals surface area contributed by atoms with Crippen molar-refractivity contribution in [3.05, 3.63) is 34.7 Å². The number of anilines is 2. The van der Waals surface area contributed by atoms with Crippen LogP contribution in [0.25, 0.3) is 0 Å². The molecular weight excluding hydrogens is 254 g/mol. The van der Waals surface area contributed by atoms with Gasteiger partial charge in [0, 0.05) is 13.2 Å². The number of hydrogen-bond donors (Lipinski definition) is 2. The highest BCUT2D eigenvalue weighted by molar-refractivity contribution is 6.34. The second-order valence-electron chi connectivity index (χ2n) is 3.82. The third-order valence-electron chi connectivity index (χ3n) is 2.34. The van der Waals surface area contributed by atoms with E-state index in [1.54, 1.807) is 24.9 Å². The van der Waals surface area contributed by atoms with Gasteiger partial charge in [0.15, 0.2) is 0 Å². The van der Waals surface area contributed by atoms with Crippen LogP contribution in [0.5, 0.6) is 0 Å². The zero-order valence-electron chi connectivity index (χ0n) is 9.94. The van der Waals surface area contributed by atoms with E-state index in [0.29, 0.717) is 11.4 Å². The first-order valence-corrected chi connectivity index (χ1v) is 5.59. The first-order chi connectivity index (χ1) is 8.47. The predicted molar refractivity (Wildman–Crippen MR) is 69.6 cm³/mol. The highest BCUT2D eigenvalue weighted by atomic mass is 35.5. The van der Waals surface area contributed by atoms with Gasteiger partial charge in [-0.15, -0.1) is 0 Å². The largest absolute Gasteiger partial charge is 0.384 e. The fraction of sp³-hybridized carbons (Fsp3) is 0.182. The molecule has 1 amide bonds. The lowest BCUT2D eigenvalue weighted by Gasteiger charge is -2.05. The van der Waals surface area contributed by atoms with E-state index in [1.807, 2.05) is 0 Å². The maximum absolute atomic E-state index is 12.0. The quantitative estimate of drug-likeness (QED) is 0.864. The third kappa shape index (κ3) is 2.43. The molecular formula is C11H12ClN5O. The lowest BCUT2D eigenvalue weighted by atomic mass is 10.3. The van der Waals surface area contributed by atoms with Gasteiger partial charge in [0.2, 0.25) is 0 Å². The number of rotatable bonds is 2. The Morgan fingerprint density at radius 1 is 1.50 bits per heavy atom. The molecule has 0 spiro atoms. The summed E-state index contributed by atoms with van der Waals surface area (Å²) in [6.07, 6.45) is 1.70. The van der Waals surface area contributed by atoms with Crippen LogP contribution in [0.1, 0.15) is 16.2 Å². The van der Waals surface area contributed by atoms with Crippen molar-refractivity contribution in [2.45, 2.75) is 6.92 Å². The Hall–Kier alpha value is -2.08. The molecule has 7 heteroatoms. The van der Waals surface area contributed by atoms with E-state index in [2.05, 4.69) is 15.4 Å². The molecule has 2 rings (SSSR count). The van der Waals surface area contributed by atoms with Crippen molar-refractivity contribution in [3.63, 3.8) is 0 Å². The van der Waals surface area contributed by atoms with Crippen molar-refractivity contribution in [3.8, 4) is 0 Å². The topological polar surface area (TPSA) is 85.8 Å². The van der Waals surface area contributed by atoms with Crippen LogP contribution in [-0.2, 0) is 7.05 Å². The standard InChI is InChI=1S/C11H12ClN5O/c1-6-8(5-17(2)16-6)14-11(18)10-7(12)3-4-9(13)15-10/h3-5H,1-2H3,(H2,13,15)(H,14,18). The van der Waals surface area contributed by atoms with Crippen molar-refractivity contribution >= 4 is 29.0 Å². The van der Waals surface area contributed by atoms with Crippen LogP contribution in [-0.4, -0.2) is 20.7 Å². The van der Waals surface area contributed by atoms with E-state index in [-0.39, 0.29) is 16.5 Å². The summed E-state index contributed by atoms with van der Waals surface area (Å²) in [5, 5.41) is 7.07. The second-order valence-corrected chi connectivity index (χ2v) is 4.23. The Labute approximate surface area is 109 Å². The Kier molecular flexibility index (Phi) is 3.20. The van der Waals surface area contributed by atoms with Crippen LogP contribution in [0.15, 0.2) is 18.3 Å². The summed E-state index contributed by atoms with van der Waals surface area (Å²) in [4.78, 5) is 15.9. The molecule has 0 saturated heterocycles. The average Bonchev–Trinajstić information content (AvgIpc) is 2.61. The van der Waals surface area contributed by atoms with E-state index in [9.17, 15) is 4.79 Å². The summed E-state index contributed by atoms with van der Waals surface area (Å²) < 4.78 is 1.61. The molecule has 0 radical (unpaired) electrons. The number of nitrogens with zero attached hydrogens (tertiary/aromatic N) is 3. The number of nitrogens with one attached hydrogen (secondary N) is 1. The van der Waals surface area contributed by atoms with Crippen LogP contribution in [0.3, 0.4) is 0 Å². The molecule has 3 N–H and O–H groups in total. The summed E-state index contributed by atoms with van der Waals surface area (Å²) in [5.41, 5.74) is 6.95. The monoisotopic (exact) mass is 265 g/mol. The summed E-state index contributed by atoms with van der Waals surface area (Å²) in [5.74, 6) is -0.171. The molecule has 0 bridgehead atoms. The Morgan fingerprint density at radius 3 is 2.83 bits per heavy atom. The average molecular weight is 266 g/mol. The van der Waals surface area contributed by atoms with Gasteiger partial charge in [0.1, 0.15) is 11.5 Å². The van der Waals surface area contributed by atoms with Crippen LogP contribution in [0, 0.1) is 6.92 Å².